The van der Waals surface area contributed by atoms with Gasteiger partial charge < -0.3 is 4.90 Å². The largest absolute Gasteiger partial charge is 0.312 e. The number of halogens is 1. The summed E-state index contributed by atoms with van der Waals surface area (Å²) in [4.78, 5) is 33.3. The molecular formula is C20H24BrN3O2. The lowest BCUT2D eigenvalue weighted by atomic mass is 9.58. The number of hydrogen-bond acceptors (Lipinski definition) is 4. The Morgan fingerprint density at radius 1 is 1.12 bits per heavy atom. The summed E-state index contributed by atoms with van der Waals surface area (Å²) in [5.41, 5.74) is 0.599. The summed E-state index contributed by atoms with van der Waals surface area (Å²) in [6.07, 6.45) is 1.90. The van der Waals surface area contributed by atoms with Crippen molar-refractivity contribution >= 4 is 33.3 Å². The Morgan fingerprint density at radius 2 is 1.77 bits per heavy atom. The van der Waals surface area contributed by atoms with Crippen LogP contribution in [0.1, 0.15) is 32.3 Å². The number of ketones is 1. The Kier molecular flexibility index (Phi) is 3.23. The van der Waals surface area contributed by atoms with E-state index in [0.29, 0.717) is 32.0 Å². The van der Waals surface area contributed by atoms with E-state index < -0.39 is 5.66 Å². The maximum Gasteiger partial charge on any atom is 0.267 e. The standard InChI is InChI=1S/C20H24BrN3O2/c1-4-7-19-11-23-9-18(2,16(19)25)10-24(12-19)20(23)14-8-13(21)5-6-15(14)22(3)17(20)26/h5-6,8H,4,7,9-12H2,1-3H3. The fourth-order valence-electron chi connectivity index (χ4n) is 6.27. The number of carbonyl (C=O) groups is 2. The quantitative estimate of drug-likeness (QED) is 0.741. The molecule has 0 N–H and O–H groups in total. The number of Topliss-reactive ketones (excluding diaryl/α,β-unsaturated/α-hetero) is 1. The van der Waals surface area contributed by atoms with E-state index in [0.717, 1.165) is 28.6 Å². The highest BCUT2D eigenvalue weighted by Gasteiger charge is 2.72. The number of benzene rings is 1. The van der Waals surface area contributed by atoms with E-state index in [1.807, 2.05) is 19.2 Å². The molecule has 5 nitrogen and oxygen atoms in total. The van der Waals surface area contributed by atoms with Gasteiger partial charge in [-0.25, -0.2) is 0 Å². The van der Waals surface area contributed by atoms with Crippen molar-refractivity contribution in [3.63, 3.8) is 0 Å². The maximum atomic E-state index is 13.6. The molecule has 4 bridgehead atoms. The molecule has 2 unspecified atom stereocenters. The molecule has 1 spiro atoms. The van der Waals surface area contributed by atoms with Crippen molar-refractivity contribution < 1.29 is 9.59 Å². The van der Waals surface area contributed by atoms with Gasteiger partial charge in [0.05, 0.1) is 16.5 Å². The number of likely N-dealkylation sites (N-methyl/N-ethyl adjacent to an activating group) is 1. The van der Waals surface area contributed by atoms with Crippen molar-refractivity contribution in [2.45, 2.75) is 32.4 Å². The van der Waals surface area contributed by atoms with E-state index in [9.17, 15) is 9.59 Å². The van der Waals surface area contributed by atoms with Gasteiger partial charge in [-0.05, 0) is 24.6 Å². The second-order valence-electron chi connectivity index (χ2n) is 8.83. The summed E-state index contributed by atoms with van der Waals surface area (Å²) in [6.45, 7) is 6.96. The number of rotatable bonds is 2. The van der Waals surface area contributed by atoms with Crippen LogP contribution in [0, 0.1) is 10.8 Å². The molecule has 5 heterocycles. The molecule has 1 aromatic rings. The third kappa shape index (κ3) is 1.69. The number of amides is 1. The Bertz CT molecular complexity index is 835. The summed E-state index contributed by atoms with van der Waals surface area (Å²) in [7, 11) is 1.87. The third-order valence-electron chi connectivity index (χ3n) is 7.04. The van der Waals surface area contributed by atoms with Crippen LogP contribution in [0.15, 0.2) is 22.7 Å². The fraction of sp³-hybridized carbons (Fsp3) is 0.600. The average molecular weight is 418 g/mol. The van der Waals surface area contributed by atoms with Gasteiger partial charge >= 0.3 is 0 Å². The summed E-state index contributed by atoms with van der Waals surface area (Å²) in [6, 6.07) is 6.11. The number of hydrogen-bond donors (Lipinski definition) is 0. The Balaban J connectivity index is 1.72. The Hall–Kier alpha value is -1.24. The van der Waals surface area contributed by atoms with Crippen molar-refractivity contribution in [1.29, 1.82) is 0 Å². The lowest BCUT2D eigenvalue weighted by Gasteiger charge is -2.68. The van der Waals surface area contributed by atoms with Crippen molar-refractivity contribution in [3.05, 3.63) is 28.2 Å². The van der Waals surface area contributed by atoms with Gasteiger partial charge in [-0.2, -0.15) is 0 Å². The maximum absolute atomic E-state index is 13.6. The Labute approximate surface area is 162 Å². The molecule has 6 rings (SSSR count). The number of fused-ring (bicyclic) bond motifs is 1. The molecule has 6 heteroatoms. The molecule has 1 amide bonds. The monoisotopic (exact) mass is 417 g/mol. The van der Waals surface area contributed by atoms with Crippen LogP contribution in [0.3, 0.4) is 0 Å². The van der Waals surface area contributed by atoms with Gasteiger partial charge in [0.15, 0.2) is 5.66 Å². The molecule has 4 fully saturated rings. The van der Waals surface area contributed by atoms with E-state index in [-0.39, 0.29) is 16.7 Å². The van der Waals surface area contributed by atoms with Crippen LogP contribution < -0.4 is 4.90 Å². The number of carbonyl (C=O) groups excluding carboxylic acids is 2. The molecular weight excluding hydrogens is 394 g/mol. The van der Waals surface area contributed by atoms with Crippen LogP contribution >= 0.6 is 15.9 Å². The topological polar surface area (TPSA) is 43.9 Å². The first-order valence-corrected chi connectivity index (χ1v) is 10.2. The van der Waals surface area contributed by atoms with Crippen LogP contribution in [0.5, 0.6) is 0 Å². The zero-order valence-corrected chi connectivity index (χ0v) is 17.1. The van der Waals surface area contributed by atoms with E-state index in [1.165, 1.54) is 0 Å². The predicted molar refractivity (Wildman–Crippen MR) is 103 cm³/mol. The highest BCUT2D eigenvalue weighted by atomic mass is 79.9. The van der Waals surface area contributed by atoms with Gasteiger partial charge in [0, 0.05) is 43.3 Å². The number of nitrogens with zero attached hydrogens (tertiary/aromatic N) is 3. The second kappa shape index (κ2) is 4.97. The molecule has 1 aromatic carbocycles. The van der Waals surface area contributed by atoms with E-state index in [1.54, 1.807) is 4.90 Å². The minimum Gasteiger partial charge on any atom is -0.312 e. The van der Waals surface area contributed by atoms with Crippen LogP contribution in [0.2, 0.25) is 0 Å². The first-order chi connectivity index (χ1) is 12.3. The van der Waals surface area contributed by atoms with Crippen LogP contribution in [0.25, 0.3) is 0 Å². The molecule has 138 valence electrons. The SMILES string of the molecule is CCCC12CN3CC(C)(CN(C1)C31C(=O)N(C)c3ccc(Br)cc31)C2=O. The summed E-state index contributed by atoms with van der Waals surface area (Å²) >= 11 is 3.59. The number of piperidine rings is 2. The molecule has 0 saturated carbocycles. The van der Waals surface area contributed by atoms with Crippen molar-refractivity contribution in [2.75, 3.05) is 38.1 Å². The fourth-order valence-corrected chi connectivity index (χ4v) is 6.63. The van der Waals surface area contributed by atoms with Gasteiger partial charge in [-0.1, -0.05) is 36.2 Å². The third-order valence-corrected chi connectivity index (χ3v) is 7.53. The van der Waals surface area contributed by atoms with Gasteiger partial charge in [0.1, 0.15) is 5.78 Å². The molecule has 0 aromatic heterocycles. The minimum atomic E-state index is -0.745. The molecule has 0 radical (unpaired) electrons. The zero-order chi connectivity index (χ0) is 18.5. The average Bonchev–Trinajstić information content (AvgIpc) is 2.78. The van der Waals surface area contributed by atoms with Crippen LogP contribution in [0.4, 0.5) is 5.69 Å². The highest BCUT2D eigenvalue weighted by molar-refractivity contribution is 9.10. The highest BCUT2D eigenvalue weighted by Crippen LogP contribution is 2.59. The molecule has 0 aliphatic carbocycles. The minimum absolute atomic E-state index is 0.118. The summed E-state index contributed by atoms with van der Waals surface area (Å²) in [5.74, 6) is 0.537. The molecule has 5 aliphatic rings. The number of anilines is 1. The molecule has 4 saturated heterocycles. The van der Waals surface area contributed by atoms with Gasteiger partial charge in [-0.15, -0.1) is 0 Å². The smallest absolute Gasteiger partial charge is 0.267 e. The van der Waals surface area contributed by atoms with Crippen molar-refractivity contribution in [1.82, 2.24) is 9.80 Å². The summed E-state index contributed by atoms with van der Waals surface area (Å²) < 4.78 is 0.987. The predicted octanol–water partition coefficient (Wildman–Crippen LogP) is 2.59. The van der Waals surface area contributed by atoms with Gasteiger partial charge in [0.25, 0.3) is 5.91 Å². The Morgan fingerprint density at radius 3 is 2.38 bits per heavy atom. The molecule has 26 heavy (non-hydrogen) atoms. The van der Waals surface area contributed by atoms with Crippen molar-refractivity contribution in [3.8, 4) is 0 Å². The zero-order valence-electron chi connectivity index (χ0n) is 15.5. The van der Waals surface area contributed by atoms with E-state index in [4.69, 9.17) is 0 Å². The molecule has 5 aliphatic heterocycles. The van der Waals surface area contributed by atoms with E-state index in [2.05, 4.69) is 45.6 Å². The lowest BCUT2D eigenvalue weighted by molar-refractivity contribution is -0.231. The van der Waals surface area contributed by atoms with Crippen LogP contribution in [-0.2, 0) is 15.3 Å². The first kappa shape index (κ1) is 16.9. The van der Waals surface area contributed by atoms with Crippen LogP contribution in [-0.4, -0.2) is 54.7 Å². The van der Waals surface area contributed by atoms with E-state index >= 15 is 0 Å². The normalized spacial score (nSPS) is 42.8. The second-order valence-corrected chi connectivity index (χ2v) is 9.75. The van der Waals surface area contributed by atoms with Gasteiger partial charge in [-0.3, -0.25) is 19.4 Å². The lowest BCUT2D eigenvalue weighted by Crippen LogP contribution is -2.83. The van der Waals surface area contributed by atoms with Crippen molar-refractivity contribution in [2.24, 2.45) is 10.8 Å². The molecule has 2 atom stereocenters. The first-order valence-electron chi connectivity index (χ1n) is 9.42. The van der Waals surface area contributed by atoms with Gasteiger partial charge in [0.2, 0.25) is 0 Å². The summed E-state index contributed by atoms with van der Waals surface area (Å²) in [5, 5.41) is 0.